The molecule has 25 heavy (non-hydrogen) atoms. The van der Waals surface area contributed by atoms with E-state index in [1.165, 1.54) is 0 Å². The molecule has 2 aliphatic carbocycles. The fourth-order valence-corrected chi connectivity index (χ4v) is 4.35. The highest BCUT2D eigenvalue weighted by Crippen LogP contribution is 2.63. The van der Waals surface area contributed by atoms with Crippen LogP contribution in [-0.4, -0.2) is 17.5 Å². The maximum Gasteiger partial charge on any atom is 0.405 e. The van der Waals surface area contributed by atoms with Crippen molar-refractivity contribution in [2.24, 2.45) is 5.41 Å². The van der Waals surface area contributed by atoms with Crippen LogP contribution in [0.5, 0.6) is 0 Å². The van der Waals surface area contributed by atoms with Crippen LogP contribution in [0.1, 0.15) is 30.4 Å². The van der Waals surface area contributed by atoms with Gasteiger partial charge in [0.05, 0.1) is 0 Å². The second-order valence-electron chi connectivity index (χ2n) is 7.02. The van der Waals surface area contributed by atoms with Gasteiger partial charge in [-0.2, -0.15) is 0 Å². The van der Waals surface area contributed by atoms with Crippen molar-refractivity contribution in [1.29, 1.82) is 0 Å². The van der Waals surface area contributed by atoms with Crippen molar-refractivity contribution in [2.45, 2.75) is 31.2 Å². The summed E-state index contributed by atoms with van der Waals surface area (Å²) in [5, 5.41) is 12.6. The van der Waals surface area contributed by atoms with Crippen LogP contribution in [0.4, 0.5) is 4.79 Å². The van der Waals surface area contributed by atoms with Crippen molar-refractivity contribution in [1.82, 2.24) is 5.32 Å². The molecular formula is C20H18ClNO3. The molecule has 1 amide bonds. The van der Waals surface area contributed by atoms with Gasteiger partial charge in [0.1, 0.15) is 5.54 Å². The Morgan fingerprint density at radius 2 is 1.76 bits per heavy atom. The molecule has 1 spiro atoms. The molecule has 0 bridgehead atoms. The van der Waals surface area contributed by atoms with Gasteiger partial charge >= 0.3 is 6.09 Å². The van der Waals surface area contributed by atoms with E-state index in [1.807, 2.05) is 42.5 Å². The molecule has 0 aliphatic heterocycles. The number of benzene rings is 2. The number of aldehydes is 1. The lowest BCUT2D eigenvalue weighted by atomic mass is 9.67. The average Bonchev–Trinajstić information content (AvgIpc) is 3.39. The summed E-state index contributed by atoms with van der Waals surface area (Å²) in [6.07, 6.45) is 3.08. The number of fused-ring (bicyclic) bond motifs is 1. The summed E-state index contributed by atoms with van der Waals surface area (Å²) < 4.78 is 0. The first-order chi connectivity index (χ1) is 12.0. The predicted molar refractivity (Wildman–Crippen MR) is 95.8 cm³/mol. The lowest BCUT2D eigenvalue weighted by Gasteiger charge is -2.42. The van der Waals surface area contributed by atoms with Gasteiger partial charge in [-0.3, -0.25) is 0 Å². The maximum absolute atomic E-state index is 12.2. The molecule has 0 unspecified atom stereocenters. The molecule has 0 aromatic heterocycles. The number of amides is 1. The number of nitrogens with one attached hydrogen (secondary N) is 1. The zero-order valence-electron chi connectivity index (χ0n) is 13.6. The highest BCUT2D eigenvalue weighted by atomic mass is 35.5. The zero-order valence-corrected chi connectivity index (χ0v) is 14.3. The Kier molecular flexibility index (Phi) is 3.62. The molecule has 0 radical (unpaired) electrons. The van der Waals surface area contributed by atoms with Crippen LogP contribution in [0.25, 0.3) is 11.1 Å². The fourth-order valence-electron chi connectivity index (χ4n) is 4.22. The Labute approximate surface area is 150 Å². The normalized spacial score (nSPS) is 22.9. The quantitative estimate of drug-likeness (QED) is 0.802. The number of carbonyl (C=O) groups is 2. The van der Waals surface area contributed by atoms with Gasteiger partial charge in [-0.05, 0) is 66.1 Å². The molecule has 1 atom stereocenters. The molecule has 0 saturated heterocycles. The molecule has 1 saturated carbocycles. The summed E-state index contributed by atoms with van der Waals surface area (Å²) in [5.74, 6) is 0. The third-order valence-corrected chi connectivity index (χ3v) is 6.01. The summed E-state index contributed by atoms with van der Waals surface area (Å²) >= 11 is 5.96. The third-order valence-electron chi connectivity index (χ3n) is 5.76. The van der Waals surface area contributed by atoms with Crippen molar-refractivity contribution in [3.63, 3.8) is 0 Å². The highest BCUT2D eigenvalue weighted by molar-refractivity contribution is 6.30. The van der Waals surface area contributed by atoms with Gasteiger partial charge in [0.15, 0.2) is 6.29 Å². The second kappa shape index (κ2) is 5.60. The SMILES string of the molecule is O=C[C@@]1(NC(=O)O)c2cc(-c3ccc(Cl)cc3)ccc2CCC12CC2. The minimum Gasteiger partial charge on any atom is -0.465 e. The number of hydrogen-bond acceptors (Lipinski definition) is 2. The van der Waals surface area contributed by atoms with Crippen molar-refractivity contribution in [3.05, 3.63) is 58.6 Å². The number of rotatable bonds is 3. The van der Waals surface area contributed by atoms with E-state index in [1.54, 1.807) is 0 Å². The van der Waals surface area contributed by atoms with Crippen molar-refractivity contribution >= 4 is 24.0 Å². The van der Waals surface area contributed by atoms with E-state index in [4.69, 9.17) is 11.6 Å². The number of carboxylic acid groups (broad SMARTS) is 1. The third kappa shape index (κ3) is 2.44. The molecule has 128 valence electrons. The molecule has 2 N–H and O–H groups in total. The van der Waals surface area contributed by atoms with Crippen molar-refractivity contribution in [3.8, 4) is 11.1 Å². The molecule has 5 heteroatoms. The van der Waals surface area contributed by atoms with Gasteiger partial charge in [0.2, 0.25) is 0 Å². The Hall–Kier alpha value is -2.33. The van der Waals surface area contributed by atoms with Crippen LogP contribution in [0, 0.1) is 5.41 Å². The summed E-state index contributed by atoms with van der Waals surface area (Å²) in [6.45, 7) is 0. The molecular weight excluding hydrogens is 338 g/mol. The molecule has 0 heterocycles. The molecule has 2 aromatic carbocycles. The standard InChI is InChI=1S/C20H18ClNO3/c21-16-5-3-13(4-6-16)15-2-1-14-7-8-19(9-10-19)20(12-23,17(14)11-15)22-18(24)25/h1-6,11-12,22H,7-10H2,(H,24,25)/t20-/m1/s1. The smallest absolute Gasteiger partial charge is 0.405 e. The molecule has 1 fully saturated rings. The lowest BCUT2D eigenvalue weighted by Crippen LogP contribution is -2.55. The Balaban J connectivity index is 1.88. The topological polar surface area (TPSA) is 66.4 Å². The predicted octanol–water partition coefficient (Wildman–Crippen LogP) is 4.40. The first-order valence-electron chi connectivity index (χ1n) is 8.36. The molecule has 2 aromatic rings. The van der Waals surface area contributed by atoms with E-state index in [0.717, 1.165) is 54.2 Å². The number of halogens is 1. The van der Waals surface area contributed by atoms with E-state index in [2.05, 4.69) is 5.32 Å². The minimum atomic E-state index is -1.16. The van der Waals surface area contributed by atoms with Gasteiger partial charge in [-0.25, -0.2) is 4.79 Å². The Morgan fingerprint density at radius 3 is 2.36 bits per heavy atom. The number of aryl methyl sites for hydroxylation is 1. The zero-order chi connectivity index (χ0) is 17.7. The van der Waals surface area contributed by atoms with Crippen LogP contribution in [0.15, 0.2) is 42.5 Å². The maximum atomic E-state index is 12.2. The van der Waals surface area contributed by atoms with Gasteiger partial charge in [0, 0.05) is 10.4 Å². The van der Waals surface area contributed by atoms with Crippen LogP contribution in [-0.2, 0) is 16.8 Å². The van der Waals surface area contributed by atoms with Crippen molar-refractivity contribution in [2.75, 3.05) is 0 Å². The second-order valence-corrected chi connectivity index (χ2v) is 7.45. The summed E-state index contributed by atoms with van der Waals surface area (Å²) in [4.78, 5) is 23.6. The van der Waals surface area contributed by atoms with E-state index < -0.39 is 11.6 Å². The minimum absolute atomic E-state index is 0.279. The number of hydrogen-bond donors (Lipinski definition) is 2. The van der Waals surface area contributed by atoms with Gasteiger partial charge in [0.25, 0.3) is 0 Å². The molecule has 2 aliphatic rings. The Morgan fingerprint density at radius 1 is 1.08 bits per heavy atom. The monoisotopic (exact) mass is 355 g/mol. The molecule has 4 nitrogen and oxygen atoms in total. The summed E-state index contributed by atoms with van der Waals surface area (Å²) in [5.41, 5.74) is 2.33. The van der Waals surface area contributed by atoms with Crippen LogP contribution >= 0.6 is 11.6 Å². The molecule has 4 rings (SSSR count). The van der Waals surface area contributed by atoms with Crippen molar-refractivity contribution < 1.29 is 14.7 Å². The Bertz CT molecular complexity index is 858. The van der Waals surface area contributed by atoms with Crippen LogP contribution in [0.2, 0.25) is 5.02 Å². The fraction of sp³-hybridized carbons (Fsp3) is 0.300. The average molecular weight is 356 g/mol. The van der Waals surface area contributed by atoms with Crippen LogP contribution in [0.3, 0.4) is 0 Å². The first-order valence-corrected chi connectivity index (χ1v) is 8.74. The highest BCUT2D eigenvalue weighted by Gasteiger charge is 2.63. The van der Waals surface area contributed by atoms with Crippen LogP contribution < -0.4 is 5.32 Å². The van der Waals surface area contributed by atoms with E-state index in [0.29, 0.717) is 5.02 Å². The van der Waals surface area contributed by atoms with E-state index in [9.17, 15) is 14.7 Å². The summed E-state index contributed by atoms with van der Waals surface area (Å²) in [7, 11) is 0. The number of carbonyl (C=O) groups excluding carboxylic acids is 1. The van der Waals surface area contributed by atoms with Gasteiger partial charge in [-0.15, -0.1) is 0 Å². The largest absolute Gasteiger partial charge is 0.465 e. The summed E-state index contributed by atoms with van der Waals surface area (Å²) in [6, 6.07) is 13.5. The lowest BCUT2D eigenvalue weighted by molar-refractivity contribution is -0.116. The van der Waals surface area contributed by atoms with E-state index >= 15 is 0 Å². The van der Waals surface area contributed by atoms with Gasteiger partial charge in [-0.1, -0.05) is 35.9 Å². The van der Waals surface area contributed by atoms with E-state index in [-0.39, 0.29) is 5.41 Å². The first kappa shape index (κ1) is 16.2. The van der Waals surface area contributed by atoms with Gasteiger partial charge < -0.3 is 15.2 Å².